The first-order chi connectivity index (χ1) is 9.43. The maximum atomic E-state index is 12.7. The minimum atomic E-state index is -0.774. The summed E-state index contributed by atoms with van der Waals surface area (Å²) < 4.78 is 5.32. The first kappa shape index (κ1) is 15.3. The molecule has 0 unspecified atom stereocenters. The van der Waals surface area contributed by atoms with E-state index in [0.717, 1.165) is 0 Å². The lowest BCUT2D eigenvalue weighted by Gasteiger charge is -2.43. The number of amides is 1. The average molecular weight is 284 g/mol. The van der Waals surface area contributed by atoms with Crippen LogP contribution < -0.4 is 5.73 Å². The number of likely N-dealkylation sites (tertiary alicyclic amines) is 1. The lowest BCUT2D eigenvalue weighted by Crippen LogP contribution is -2.54. The van der Waals surface area contributed by atoms with Gasteiger partial charge in [0.15, 0.2) is 0 Å². The van der Waals surface area contributed by atoms with Crippen LogP contribution in [0.25, 0.3) is 0 Å². The van der Waals surface area contributed by atoms with Crippen molar-refractivity contribution in [2.45, 2.75) is 32.6 Å². The molecule has 3 N–H and O–H groups in total. The van der Waals surface area contributed by atoms with Crippen molar-refractivity contribution in [3.8, 4) is 0 Å². The summed E-state index contributed by atoms with van der Waals surface area (Å²) in [6.45, 7) is 4.24. The molecule has 2 rings (SSSR count). The van der Waals surface area contributed by atoms with Crippen LogP contribution in [0.2, 0.25) is 0 Å². The van der Waals surface area contributed by atoms with E-state index < -0.39 is 16.8 Å². The number of ether oxygens (including phenoxy) is 1. The summed E-state index contributed by atoms with van der Waals surface area (Å²) in [5, 5.41) is 9.23. The fourth-order valence-electron chi connectivity index (χ4n) is 3.02. The Hall–Kier alpha value is -1.14. The molecule has 0 aliphatic carbocycles. The zero-order chi connectivity index (χ0) is 14.8. The third kappa shape index (κ3) is 2.67. The minimum absolute atomic E-state index is 0.0794. The van der Waals surface area contributed by atoms with E-state index in [1.54, 1.807) is 11.8 Å². The number of hydrogen-bond donors (Lipinski definition) is 2. The van der Waals surface area contributed by atoms with Crippen molar-refractivity contribution in [1.82, 2.24) is 4.90 Å². The predicted octanol–water partition coefficient (Wildman–Crippen LogP) is 0.455. The zero-order valence-corrected chi connectivity index (χ0v) is 12.1. The molecule has 2 saturated heterocycles. The maximum absolute atomic E-state index is 12.7. The Bertz CT molecular complexity index is 383. The van der Waals surface area contributed by atoms with Crippen LogP contribution >= 0.6 is 0 Å². The van der Waals surface area contributed by atoms with Crippen LogP contribution in [0, 0.1) is 10.8 Å². The number of carbonyl (C=O) groups is 2. The summed E-state index contributed by atoms with van der Waals surface area (Å²) in [5.41, 5.74) is 4.64. The number of carboxylic acids is 1. The molecule has 1 amide bonds. The summed E-state index contributed by atoms with van der Waals surface area (Å²) in [7, 11) is 0. The quantitative estimate of drug-likeness (QED) is 0.785. The largest absolute Gasteiger partial charge is 0.481 e. The first-order valence-corrected chi connectivity index (χ1v) is 7.24. The molecule has 0 bridgehead atoms. The second-order valence-corrected chi connectivity index (χ2v) is 6.25. The smallest absolute Gasteiger partial charge is 0.309 e. The molecule has 2 fully saturated rings. The number of rotatable bonds is 3. The Kier molecular flexibility index (Phi) is 4.34. The molecular weight excluding hydrogens is 260 g/mol. The molecule has 2 aliphatic heterocycles. The molecule has 0 radical (unpaired) electrons. The van der Waals surface area contributed by atoms with Gasteiger partial charge in [0.05, 0.1) is 10.8 Å². The molecule has 0 aromatic heterocycles. The summed E-state index contributed by atoms with van der Waals surface area (Å²) in [4.78, 5) is 25.8. The summed E-state index contributed by atoms with van der Waals surface area (Å²) in [6.07, 6.45) is 2.33. The van der Waals surface area contributed by atoms with Crippen LogP contribution in [0.1, 0.15) is 32.6 Å². The van der Waals surface area contributed by atoms with Crippen molar-refractivity contribution in [3.05, 3.63) is 0 Å². The molecule has 0 aromatic rings. The average Bonchev–Trinajstić information content (AvgIpc) is 2.48. The normalized spacial score (nSPS) is 25.2. The zero-order valence-electron chi connectivity index (χ0n) is 12.1. The lowest BCUT2D eigenvalue weighted by atomic mass is 9.76. The number of hydrogen-bond acceptors (Lipinski definition) is 4. The van der Waals surface area contributed by atoms with Gasteiger partial charge in [-0.15, -0.1) is 0 Å². The number of carbonyl (C=O) groups excluding carboxylic acids is 1. The van der Waals surface area contributed by atoms with Gasteiger partial charge in [-0.3, -0.25) is 9.59 Å². The SMILES string of the molecule is CC1(C(=O)O)CCN(C(=O)C2(CN)CCOCC2)CC1. The van der Waals surface area contributed by atoms with E-state index in [0.29, 0.717) is 58.5 Å². The van der Waals surface area contributed by atoms with E-state index in [-0.39, 0.29) is 5.91 Å². The Morgan fingerprint density at radius 2 is 1.75 bits per heavy atom. The van der Waals surface area contributed by atoms with Crippen molar-refractivity contribution < 1.29 is 19.4 Å². The van der Waals surface area contributed by atoms with E-state index in [9.17, 15) is 14.7 Å². The standard InChI is InChI=1S/C14H24N2O4/c1-13(12(18)19)2-6-16(7-3-13)11(17)14(10-15)4-8-20-9-5-14/h2-10,15H2,1H3,(H,18,19). The highest BCUT2D eigenvalue weighted by Gasteiger charge is 2.44. The minimum Gasteiger partial charge on any atom is -0.481 e. The van der Waals surface area contributed by atoms with Crippen molar-refractivity contribution in [2.24, 2.45) is 16.6 Å². The highest BCUT2D eigenvalue weighted by molar-refractivity contribution is 5.83. The lowest BCUT2D eigenvalue weighted by molar-refractivity contribution is -0.157. The molecule has 2 heterocycles. The van der Waals surface area contributed by atoms with Crippen LogP contribution in [-0.2, 0) is 14.3 Å². The van der Waals surface area contributed by atoms with Gasteiger partial charge in [-0.05, 0) is 32.6 Å². The second-order valence-electron chi connectivity index (χ2n) is 6.25. The fraction of sp³-hybridized carbons (Fsp3) is 0.857. The van der Waals surface area contributed by atoms with Gasteiger partial charge in [0.1, 0.15) is 0 Å². The molecule has 20 heavy (non-hydrogen) atoms. The van der Waals surface area contributed by atoms with Crippen molar-refractivity contribution in [3.63, 3.8) is 0 Å². The Labute approximate surface area is 119 Å². The van der Waals surface area contributed by atoms with Crippen molar-refractivity contribution in [1.29, 1.82) is 0 Å². The van der Waals surface area contributed by atoms with Crippen LogP contribution in [0.5, 0.6) is 0 Å². The van der Waals surface area contributed by atoms with Crippen LogP contribution in [0.3, 0.4) is 0 Å². The van der Waals surface area contributed by atoms with E-state index in [1.165, 1.54) is 0 Å². The number of carboxylic acid groups (broad SMARTS) is 1. The molecule has 6 nitrogen and oxygen atoms in total. The molecule has 114 valence electrons. The third-order valence-corrected chi connectivity index (χ3v) is 4.96. The van der Waals surface area contributed by atoms with Gasteiger partial charge in [0.2, 0.25) is 5.91 Å². The molecule has 0 aromatic carbocycles. The number of nitrogens with two attached hydrogens (primary N) is 1. The fourth-order valence-corrected chi connectivity index (χ4v) is 3.02. The Morgan fingerprint density at radius 1 is 1.20 bits per heavy atom. The molecule has 0 atom stereocenters. The Balaban J connectivity index is 2.02. The van der Waals surface area contributed by atoms with Crippen LogP contribution in [0.15, 0.2) is 0 Å². The third-order valence-electron chi connectivity index (χ3n) is 4.96. The van der Waals surface area contributed by atoms with Gasteiger partial charge in [0.25, 0.3) is 0 Å². The van der Waals surface area contributed by atoms with E-state index in [1.807, 2.05) is 0 Å². The van der Waals surface area contributed by atoms with E-state index >= 15 is 0 Å². The monoisotopic (exact) mass is 284 g/mol. The van der Waals surface area contributed by atoms with Crippen molar-refractivity contribution in [2.75, 3.05) is 32.8 Å². The van der Waals surface area contributed by atoms with Gasteiger partial charge in [0, 0.05) is 32.8 Å². The number of nitrogens with zero attached hydrogens (tertiary/aromatic N) is 1. The maximum Gasteiger partial charge on any atom is 0.309 e. The van der Waals surface area contributed by atoms with Gasteiger partial charge in [-0.1, -0.05) is 0 Å². The van der Waals surface area contributed by atoms with Gasteiger partial charge in [-0.25, -0.2) is 0 Å². The summed E-state index contributed by atoms with van der Waals surface area (Å²) >= 11 is 0. The number of aliphatic carboxylic acids is 1. The van der Waals surface area contributed by atoms with Gasteiger partial charge < -0.3 is 20.5 Å². The van der Waals surface area contributed by atoms with Crippen molar-refractivity contribution >= 4 is 11.9 Å². The van der Waals surface area contributed by atoms with E-state index in [4.69, 9.17) is 10.5 Å². The highest BCUT2D eigenvalue weighted by Crippen LogP contribution is 2.36. The number of piperidine rings is 1. The van der Waals surface area contributed by atoms with Gasteiger partial charge in [-0.2, -0.15) is 0 Å². The van der Waals surface area contributed by atoms with Gasteiger partial charge >= 0.3 is 5.97 Å². The molecular formula is C14H24N2O4. The highest BCUT2D eigenvalue weighted by atomic mass is 16.5. The molecule has 0 spiro atoms. The Morgan fingerprint density at radius 3 is 2.20 bits per heavy atom. The van der Waals surface area contributed by atoms with Crippen LogP contribution in [-0.4, -0.2) is 54.7 Å². The summed E-state index contributed by atoms with van der Waals surface area (Å²) in [6, 6.07) is 0. The van der Waals surface area contributed by atoms with Crippen LogP contribution in [0.4, 0.5) is 0 Å². The first-order valence-electron chi connectivity index (χ1n) is 7.24. The molecule has 2 aliphatic rings. The van der Waals surface area contributed by atoms with E-state index in [2.05, 4.69) is 0 Å². The second kappa shape index (κ2) is 5.69. The molecule has 0 saturated carbocycles. The predicted molar refractivity (Wildman–Crippen MR) is 73.1 cm³/mol. The topological polar surface area (TPSA) is 92.9 Å². The summed E-state index contributed by atoms with van der Waals surface area (Å²) in [5.74, 6) is -0.694. The molecule has 6 heteroatoms.